The molecule has 0 atom stereocenters. The van der Waals surface area contributed by atoms with Crippen molar-refractivity contribution in [3.05, 3.63) is 11.7 Å². The van der Waals surface area contributed by atoms with E-state index in [0.717, 1.165) is 31.1 Å². The topological polar surface area (TPSA) is 51.0 Å². The van der Waals surface area contributed by atoms with Crippen LogP contribution in [0.5, 0.6) is 0 Å². The Kier molecular flexibility index (Phi) is 3.89. The molecule has 74 valence electrons. The maximum atomic E-state index is 5.04. The molecule has 0 bridgehead atoms. The van der Waals surface area contributed by atoms with Crippen LogP contribution in [0.3, 0.4) is 0 Å². The van der Waals surface area contributed by atoms with Crippen molar-refractivity contribution in [2.45, 2.75) is 39.7 Å². The van der Waals surface area contributed by atoms with Crippen molar-refractivity contribution in [3.8, 4) is 0 Å². The van der Waals surface area contributed by atoms with Crippen molar-refractivity contribution in [2.24, 2.45) is 0 Å². The number of nitrogens with zero attached hydrogens (tertiary/aromatic N) is 2. The number of nitrogens with one attached hydrogen (secondary N) is 1. The van der Waals surface area contributed by atoms with Gasteiger partial charge in [0.25, 0.3) is 0 Å². The van der Waals surface area contributed by atoms with Crippen LogP contribution in [0.1, 0.15) is 32.5 Å². The standard InChI is InChI=1S/C9H17N3O/c1-4-8-11-9(13-12-8)5-6-10-7(2)3/h7,10H,4-6H2,1-3H3. The molecule has 1 N–H and O–H groups in total. The molecule has 0 aliphatic carbocycles. The van der Waals surface area contributed by atoms with E-state index in [1.165, 1.54) is 0 Å². The molecule has 0 aliphatic heterocycles. The van der Waals surface area contributed by atoms with E-state index in [1.54, 1.807) is 0 Å². The summed E-state index contributed by atoms with van der Waals surface area (Å²) in [4.78, 5) is 4.21. The summed E-state index contributed by atoms with van der Waals surface area (Å²) in [5, 5.41) is 7.11. The quantitative estimate of drug-likeness (QED) is 0.744. The Morgan fingerprint density at radius 2 is 2.23 bits per heavy atom. The highest BCUT2D eigenvalue weighted by molar-refractivity contribution is 4.86. The summed E-state index contributed by atoms with van der Waals surface area (Å²) < 4.78 is 5.04. The van der Waals surface area contributed by atoms with Crippen molar-refractivity contribution in [2.75, 3.05) is 6.54 Å². The van der Waals surface area contributed by atoms with Crippen LogP contribution in [0.15, 0.2) is 4.52 Å². The van der Waals surface area contributed by atoms with E-state index >= 15 is 0 Å². The summed E-state index contributed by atoms with van der Waals surface area (Å²) in [5.41, 5.74) is 0. The third-order valence-electron chi connectivity index (χ3n) is 1.72. The Hall–Kier alpha value is -0.900. The fourth-order valence-electron chi connectivity index (χ4n) is 1.00. The maximum absolute atomic E-state index is 5.04. The minimum Gasteiger partial charge on any atom is -0.339 e. The molecule has 1 aromatic heterocycles. The summed E-state index contributed by atoms with van der Waals surface area (Å²) in [6.45, 7) is 7.14. The van der Waals surface area contributed by atoms with Gasteiger partial charge in [-0.3, -0.25) is 0 Å². The molecule has 0 spiro atoms. The zero-order chi connectivity index (χ0) is 9.68. The van der Waals surface area contributed by atoms with Crippen LogP contribution >= 0.6 is 0 Å². The number of aromatic nitrogens is 2. The molecule has 0 amide bonds. The Morgan fingerprint density at radius 3 is 2.77 bits per heavy atom. The van der Waals surface area contributed by atoms with Gasteiger partial charge in [0, 0.05) is 25.4 Å². The molecule has 13 heavy (non-hydrogen) atoms. The normalized spacial score (nSPS) is 11.1. The summed E-state index contributed by atoms with van der Waals surface area (Å²) in [5.74, 6) is 1.52. The number of rotatable bonds is 5. The maximum Gasteiger partial charge on any atom is 0.227 e. The average molecular weight is 183 g/mol. The van der Waals surface area contributed by atoms with E-state index in [4.69, 9.17) is 4.52 Å². The Bertz CT molecular complexity index is 245. The van der Waals surface area contributed by atoms with Crippen molar-refractivity contribution >= 4 is 0 Å². The van der Waals surface area contributed by atoms with Crippen molar-refractivity contribution in [1.29, 1.82) is 0 Å². The van der Waals surface area contributed by atoms with E-state index in [1.807, 2.05) is 6.92 Å². The largest absolute Gasteiger partial charge is 0.339 e. The zero-order valence-electron chi connectivity index (χ0n) is 8.50. The smallest absolute Gasteiger partial charge is 0.227 e. The lowest BCUT2D eigenvalue weighted by Crippen LogP contribution is -2.25. The van der Waals surface area contributed by atoms with E-state index in [0.29, 0.717) is 6.04 Å². The second kappa shape index (κ2) is 4.97. The Labute approximate surface area is 78.7 Å². The number of aryl methyl sites for hydroxylation is 1. The first-order valence-corrected chi connectivity index (χ1v) is 4.77. The van der Waals surface area contributed by atoms with Crippen LogP contribution in [-0.2, 0) is 12.8 Å². The van der Waals surface area contributed by atoms with Crippen LogP contribution in [0.2, 0.25) is 0 Å². The molecule has 1 rings (SSSR count). The molecule has 1 heterocycles. The van der Waals surface area contributed by atoms with Crippen molar-refractivity contribution in [3.63, 3.8) is 0 Å². The fourth-order valence-corrected chi connectivity index (χ4v) is 1.00. The van der Waals surface area contributed by atoms with Crippen LogP contribution in [0.4, 0.5) is 0 Å². The van der Waals surface area contributed by atoms with Gasteiger partial charge < -0.3 is 9.84 Å². The highest BCUT2D eigenvalue weighted by Gasteiger charge is 2.03. The molecular formula is C9H17N3O. The van der Waals surface area contributed by atoms with Gasteiger partial charge in [0.15, 0.2) is 5.82 Å². The third kappa shape index (κ3) is 3.55. The van der Waals surface area contributed by atoms with Gasteiger partial charge in [0.1, 0.15) is 0 Å². The minimum absolute atomic E-state index is 0.508. The molecule has 4 heteroatoms. The molecule has 0 aromatic carbocycles. The van der Waals surface area contributed by atoms with Gasteiger partial charge in [0.2, 0.25) is 5.89 Å². The predicted octanol–water partition coefficient (Wildman–Crippen LogP) is 1.17. The first kappa shape index (κ1) is 10.2. The van der Waals surface area contributed by atoms with Gasteiger partial charge in [-0.1, -0.05) is 25.9 Å². The predicted molar refractivity (Wildman–Crippen MR) is 50.5 cm³/mol. The summed E-state index contributed by atoms with van der Waals surface area (Å²) in [6, 6.07) is 0.508. The van der Waals surface area contributed by atoms with Gasteiger partial charge in [0.05, 0.1) is 0 Å². The van der Waals surface area contributed by atoms with Crippen molar-refractivity contribution < 1.29 is 4.52 Å². The number of hydrogen-bond donors (Lipinski definition) is 1. The average Bonchev–Trinajstić information content (AvgIpc) is 2.52. The summed E-state index contributed by atoms with van der Waals surface area (Å²) >= 11 is 0. The molecule has 4 nitrogen and oxygen atoms in total. The van der Waals surface area contributed by atoms with Gasteiger partial charge in [-0.05, 0) is 0 Å². The lowest BCUT2D eigenvalue weighted by Gasteiger charge is -2.04. The first-order valence-electron chi connectivity index (χ1n) is 4.77. The second-order valence-corrected chi connectivity index (χ2v) is 3.32. The fraction of sp³-hybridized carbons (Fsp3) is 0.778. The lowest BCUT2D eigenvalue weighted by atomic mass is 10.3. The summed E-state index contributed by atoms with van der Waals surface area (Å²) in [7, 11) is 0. The monoisotopic (exact) mass is 183 g/mol. The molecule has 0 aliphatic rings. The first-order chi connectivity index (χ1) is 6.22. The third-order valence-corrected chi connectivity index (χ3v) is 1.72. The Balaban J connectivity index is 2.28. The molecule has 1 aromatic rings. The molecule has 0 unspecified atom stereocenters. The van der Waals surface area contributed by atoms with Crippen LogP contribution in [-0.4, -0.2) is 22.7 Å². The van der Waals surface area contributed by atoms with E-state index in [-0.39, 0.29) is 0 Å². The number of hydrogen-bond acceptors (Lipinski definition) is 4. The van der Waals surface area contributed by atoms with Gasteiger partial charge in [-0.15, -0.1) is 0 Å². The summed E-state index contributed by atoms with van der Waals surface area (Å²) in [6.07, 6.45) is 1.65. The van der Waals surface area contributed by atoms with Crippen molar-refractivity contribution in [1.82, 2.24) is 15.5 Å². The van der Waals surface area contributed by atoms with Gasteiger partial charge in [-0.2, -0.15) is 4.98 Å². The Morgan fingerprint density at radius 1 is 1.46 bits per heavy atom. The molecule has 0 saturated carbocycles. The van der Waals surface area contributed by atoms with E-state index < -0.39 is 0 Å². The lowest BCUT2D eigenvalue weighted by molar-refractivity contribution is 0.369. The van der Waals surface area contributed by atoms with E-state index in [9.17, 15) is 0 Å². The van der Waals surface area contributed by atoms with Crippen LogP contribution < -0.4 is 5.32 Å². The molecule has 0 radical (unpaired) electrons. The second-order valence-electron chi connectivity index (χ2n) is 3.32. The zero-order valence-corrected chi connectivity index (χ0v) is 8.50. The van der Waals surface area contributed by atoms with Crippen LogP contribution in [0.25, 0.3) is 0 Å². The highest BCUT2D eigenvalue weighted by Crippen LogP contribution is 1.98. The molecular weight excluding hydrogens is 166 g/mol. The highest BCUT2D eigenvalue weighted by atomic mass is 16.5. The van der Waals surface area contributed by atoms with Crippen LogP contribution in [0, 0.1) is 0 Å². The van der Waals surface area contributed by atoms with Gasteiger partial charge in [-0.25, -0.2) is 0 Å². The molecule has 0 saturated heterocycles. The minimum atomic E-state index is 0.508. The SMILES string of the molecule is CCc1noc(CCNC(C)C)n1. The molecule has 0 fully saturated rings. The van der Waals surface area contributed by atoms with Gasteiger partial charge >= 0.3 is 0 Å². The van der Waals surface area contributed by atoms with E-state index in [2.05, 4.69) is 29.3 Å².